The lowest BCUT2D eigenvalue weighted by Gasteiger charge is -2.38. The summed E-state index contributed by atoms with van der Waals surface area (Å²) in [5.74, 6) is -0.898. The van der Waals surface area contributed by atoms with E-state index in [2.05, 4.69) is 16.0 Å². The minimum absolute atomic E-state index is 0.00967. The van der Waals surface area contributed by atoms with Crippen molar-refractivity contribution in [2.45, 2.75) is 89.7 Å². The predicted molar refractivity (Wildman–Crippen MR) is 122 cm³/mol. The number of alkyl carbamates (subject to hydrolysis) is 1. The molecule has 180 valence electrons. The molecule has 3 rings (SSSR count). The lowest BCUT2D eigenvalue weighted by molar-refractivity contribution is -0.146. The Kier molecular flexibility index (Phi) is 7.61. The Labute approximate surface area is 194 Å². The largest absolute Gasteiger partial charge is 0.444 e. The molecule has 0 spiro atoms. The van der Waals surface area contributed by atoms with Crippen molar-refractivity contribution in [2.75, 3.05) is 0 Å². The number of ether oxygens (including phenoxy) is 1. The molecule has 2 aliphatic rings. The molecule has 9 heteroatoms. The van der Waals surface area contributed by atoms with Gasteiger partial charge in [-0.05, 0) is 58.9 Å². The third kappa shape index (κ3) is 6.46. The van der Waals surface area contributed by atoms with Gasteiger partial charge in [-0.2, -0.15) is 0 Å². The minimum atomic E-state index is -0.867. The summed E-state index contributed by atoms with van der Waals surface area (Å²) in [5, 5.41) is 8.15. The molecule has 4 atom stereocenters. The maximum Gasteiger partial charge on any atom is 0.408 e. The standard InChI is InChI=1S/C24H34N4O5/c1-15(26-23(32)33-24(2,3)4)20(29)27-18-12-10-17-11-13-19(28(17)22(18)31)21(30)25-14-16-8-6-5-7-9-16/h5-9,15,17-19H,10-14H2,1-4H3,(H,25,30)(H,26,32)(H,27,29)/t15-,17+,18-,19-/m0/s1. The number of fused-ring (bicyclic) bond motifs is 1. The Morgan fingerprint density at radius 2 is 1.76 bits per heavy atom. The number of nitrogens with one attached hydrogen (secondary N) is 3. The van der Waals surface area contributed by atoms with Crippen LogP contribution in [0, 0.1) is 0 Å². The molecule has 1 aromatic carbocycles. The van der Waals surface area contributed by atoms with E-state index in [1.165, 1.54) is 6.92 Å². The average molecular weight is 459 g/mol. The van der Waals surface area contributed by atoms with Crippen LogP contribution in [0.15, 0.2) is 30.3 Å². The van der Waals surface area contributed by atoms with Gasteiger partial charge in [-0.1, -0.05) is 30.3 Å². The number of carbonyl (C=O) groups is 4. The second-order valence-electron chi connectivity index (χ2n) is 9.70. The maximum absolute atomic E-state index is 13.2. The molecular weight excluding hydrogens is 424 g/mol. The van der Waals surface area contributed by atoms with Crippen LogP contribution in [0.1, 0.15) is 58.9 Å². The summed E-state index contributed by atoms with van der Waals surface area (Å²) >= 11 is 0. The van der Waals surface area contributed by atoms with Gasteiger partial charge in [0.25, 0.3) is 0 Å². The number of amides is 4. The van der Waals surface area contributed by atoms with Crippen LogP contribution in [-0.2, 0) is 25.7 Å². The van der Waals surface area contributed by atoms with E-state index in [4.69, 9.17) is 4.74 Å². The molecule has 0 aliphatic carbocycles. The number of nitrogens with zero attached hydrogens (tertiary/aromatic N) is 1. The van der Waals surface area contributed by atoms with E-state index in [0.717, 1.165) is 12.0 Å². The van der Waals surface area contributed by atoms with Crippen LogP contribution in [-0.4, -0.2) is 58.5 Å². The molecule has 0 bridgehead atoms. The van der Waals surface area contributed by atoms with Crippen LogP contribution < -0.4 is 16.0 Å². The highest BCUT2D eigenvalue weighted by molar-refractivity contribution is 5.94. The van der Waals surface area contributed by atoms with Gasteiger partial charge in [-0.15, -0.1) is 0 Å². The summed E-state index contributed by atoms with van der Waals surface area (Å²) in [6.07, 6.45) is 1.90. The Hall–Kier alpha value is -3.10. The van der Waals surface area contributed by atoms with Crippen molar-refractivity contribution >= 4 is 23.8 Å². The van der Waals surface area contributed by atoms with E-state index in [1.54, 1.807) is 25.7 Å². The van der Waals surface area contributed by atoms with E-state index in [9.17, 15) is 19.2 Å². The number of rotatable bonds is 6. The number of hydrogen-bond acceptors (Lipinski definition) is 5. The van der Waals surface area contributed by atoms with Crippen LogP contribution in [0.3, 0.4) is 0 Å². The summed E-state index contributed by atoms with van der Waals surface area (Å²) in [6, 6.07) is 7.48. The van der Waals surface area contributed by atoms with Crippen molar-refractivity contribution in [3.63, 3.8) is 0 Å². The molecule has 9 nitrogen and oxygen atoms in total. The van der Waals surface area contributed by atoms with E-state index in [-0.39, 0.29) is 17.9 Å². The van der Waals surface area contributed by atoms with E-state index < -0.39 is 35.7 Å². The zero-order chi connectivity index (χ0) is 24.2. The Bertz CT molecular complexity index is 883. The lowest BCUT2D eigenvalue weighted by Crippen LogP contribution is -2.60. The molecule has 3 N–H and O–H groups in total. The third-order valence-corrected chi connectivity index (χ3v) is 5.90. The normalized spacial score (nSPS) is 23.3. The highest BCUT2D eigenvalue weighted by Crippen LogP contribution is 2.32. The van der Waals surface area contributed by atoms with E-state index in [1.807, 2.05) is 30.3 Å². The Balaban J connectivity index is 1.56. The fourth-order valence-electron chi connectivity index (χ4n) is 4.30. The van der Waals surface area contributed by atoms with Gasteiger partial charge >= 0.3 is 6.09 Å². The molecule has 4 amide bonds. The Morgan fingerprint density at radius 1 is 1.09 bits per heavy atom. The summed E-state index contributed by atoms with van der Waals surface area (Å²) in [4.78, 5) is 52.2. The Morgan fingerprint density at radius 3 is 2.42 bits per heavy atom. The number of piperidine rings is 1. The monoisotopic (exact) mass is 458 g/mol. The second-order valence-corrected chi connectivity index (χ2v) is 9.70. The molecule has 0 unspecified atom stereocenters. The van der Waals surface area contributed by atoms with Gasteiger partial charge in [0.05, 0.1) is 0 Å². The molecule has 2 fully saturated rings. The SMILES string of the molecule is C[C@H](NC(=O)OC(C)(C)C)C(=O)N[C@H]1CC[C@@H]2CC[C@@H](C(=O)NCc3ccccc3)N2C1=O. The first-order valence-electron chi connectivity index (χ1n) is 11.5. The van der Waals surface area contributed by atoms with Crippen molar-refractivity contribution in [3.05, 3.63) is 35.9 Å². The van der Waals surface area contributed by atoms with Crippen LogP contribution in [0.25, 0.3) is 0 Å². The van der Waals surface area contributed by atoms with Crippen LogP contribution in [0.4, 0.5) is 4.79 Å². The van der Waals surface area contributed by atoms with Crippen LogP contribution in [0.2, 0.25) is 0 Å². The van der Waals surface area contributed by atoms with E-state index in [0.29, 0.717) is 25.8 Å². The fraction of sp³-hybridized carbons (Fsp3) is 0.583. The molecule has 2 heterocycles. The lowest BCUT2D eigenvalue weighted by atomic mass is 9.97. The first kappa shape index (κ1) is 24.5. The summed E-state index contributed by atoms with van der Waals surface area (Å²) in [6.45, 7) is 7.13. The smallest absolute Gasteiger partial charge is 0.408 e. The van der Waals surface area contributed by atoms with Crippen molar-refractivity contribution in [1.82, 2.24) is 20.9 Å². The molecule has 0 aromatic heterocycles. The van der Waals surface area contributed by atoms with Gasteiger partial charge in [0.15, 0.2) is 0 Å². The average Bonchev–Trinajstić information content (AvgIpc) is 3.18. The van der Waals surface area contributed by atoms with Gasteiger partial charge in [0.1, 0.15) is 23.7 Å². The number of benzene rings is 1. The number of carbonyl (C=O) groups excluding carboxylic acids is 4. The molecule has 2 saturated heterocycles. The topological polar surface area (TPSA) is 117 Å². The van der Waals surface area contributed by atoms with Gasteiger partial charge in [-0.25, -0.2) is 4.79 Å². The molecule has 0 radical (unpaired) electrons. The maximum atomic E-state index is 13.2. The first-order chi connectivity index (χ1) is 15.5. The highest BCUT2D eigenvalue weighted by Gasteiger charge is 2.46. The van der Waals surface area contributed by atoms with Crippen molar-refractivity contribution in [3.8, 4) is 0 Å². The second kappa shape index (κ2) is 10.2. The van der Waals surface area contributed by atoms with Crippen molar-refractivity contribution in [2.24, 2.45) is 0 Å². The van der Waals surface area contributed by atoms with Gasteiger partial charge in [0, 0.05) is 12.6 Å². The number of hydrogen-bond donors (Lipinski definition) is 3. The predicted octanol–water partition coefficient (Wildman–Crippen LogP) is 1.85. The molecule has 33 heavy (non-hydrogen) atoms. The summed E-state index contributed by atoms with van der Waals surface area (Å²) in [5.41, 5.74) is 0.308. The fourth-order valence-corrected chi connectivity index (χ4v) is 4.30. The van der Waals surface area contributed by atoms with Crippen LogP contribution >= 0.6 is 0 Å². The van der Waals surface area contributed by atoms with Gasteiger partial charge < -0.3 is 25.6 Å². The molecular formula is C24H34N4O5. The van der Waals surface area contributed by atoms with Crippen LogP contribution in [0.5, 0.6) is 0 Å². The molecule has 2 aliphatic heterocycles. The van der Waals surface area contributed by atoms with Gasteiger partial charge in [-0.3, -0.25) is 14.4 Å². The molecule has 1 aromatic rings. The first-order valence-corrected chi connectivity index (χ1v) is 11.5. The summed E-state index contributed by atoms with van der Waals surface area (Å²) < 4.78 is 5.17. The quantitative estimate of drug-likeness (QED) is 0.602. The zero-order valence-corrected chi connectivity index (χ0v) is 19.7. The highest BCUT2D eigenvalue weighted by atomic mass is 16.6. The van der Waals surface area contributed by atoms with Crippen molar-refractivity contribution in [1.29, 1.82) is 0 Å². The minimum Gasteiger partial charge on any atom is -0.444 e. The van der Waals surface area contributed by atoms with Crippen molar-refractivity contribution < 1.29 is 23.9 Å². The zero-order valence-electron chi connectivity index (χ0n) is 19.7. The third-order valence-electron chi connectivity index (χ3n) is 5.90. The molecule has 0 saturated carbocycles. The summed E-state index contributed by atoms with van der Waals surface area (Å²) in [7, 11) is 0. The van der Waals surface area contributed by atoms with Gasteiger partial charge in [0.2, 0.25) is 17.7 Å². The van der Waals surface area contributed by atoms with E-state index >= 15 is 0 Å².